The Morgan fingerprint density at radius 3 is 1.76 bits per heavy atom. The summed E-state index contributed by atoms with van der Waals surface area (Å²) in [4.78, 5) is 0. The number of alkyl halides is 7. The molecule has 0 bridgehead atoms. The molecule has 9 heteroatoms. The van der Waals surface area contributed by atoms with Crippen LogP contribution in [0.25, 0.3) is 0 Å². The third kappa shape index (κ3) is 4.77. The maximum Gasteiger partial charge on any atom is 0.431 e. The van der Waals surface area contributed by atoms with Gasteiger partial charge in [-0.1, -0.05) is 19.1 Å². The van der Waals surface area contributed by atoms with Crippen molar-refractivity contribution >= 4 is 0 Å². The fourth-order valence-electron chi connectivity index (χ4n) is 2.15. The van der Waals surface area contributed by atoms with E-state index >= 15 is 0 Å². The second-order valence-electron chi connectivity index (χ2n) is 6.11. The molecule has 25 heavy (non-hydrogen) atoms. The lowest BCUT2D eigenvalue weighted by Gasteiger charge is -2.36. The standard InChI is InChI=1S/C16H19F7O2/c1-4-10(2)25-12-7-5-11(6-8-12)13(3,24)9-14(17,15(18,19)20)16(21,22)23/h5-8,10,24H,4,9H2,1-3H3. The van der Waals surface area contributed by atoms with Crippen LogP contribution in [0.3, 0.4) is 0 Å². The average Bonchev–Trinajstić information content (AvgIpc) is 2.44. The van der Waals surface area contributed by atoms with Crippen molar-refractivity contribution in [3.05, 3.63) is 29.8 Å². The van der Waals surface area contributed by atoms with E-state index < -0.39 is 30.0 Å². The van der Waals surface area contributed by atoms with Gasteiger partial charge in [0.05, 0.1) is 11.7 Å². The fraction of sp³-hybridized carbons (Fsp3) is 0.625. The number of hydrogen-bond acceptors (Lipinski definition) is 2. The summed E-state index contributed by atoms with van der Waals surface area (Å²) in [5.41, 5.74) is -8.52. The molecule has 0 saturated carbocycles. The minimum atomic E-state index is -6.21. The summed E-state index contributed by atoms with van der Waals surface area (Å²) < 4.78 is 95.3. The molecule has 0 aliphatic rings. The quantitative estimate of drug-likeness (QED) is 0.684. The first kappa shape index (κ1) is 21.5. The second kappa shape index (κ2) is 7.01. The van der Waals surface area contributed by atoms with Gasteiger partial charge in [-0.25, -0.2) is 4.39 Å². The van der Waals surface area contributed by atoms with Crippen molar-refractivity contribution in [1.82, 2.24) is 0 Å². The zero-order valence-electron chi connectivity index (χ0n) is 13.8. The number of aliphatic hydroxyl groups is 1. The number of benzene rings is 1. The molecular formula is C16H19F7O2. The molecule has 0 radical (unpaired) electrons. The van der Waals surface area contributed by atoms with E-state index in [0.29, 0.717) is 19.1 Å². The van der Waals surface area contributed by atoms with Gasteiger partial charge in [0.25, 0.3) is 0 Å². The predicted molar refractivity (Wildman–Crippen MR) is 77.0 cm³/mol. The molecule has 0 amide bonds. The van der Waals surface area contributed by atoms with Crippen LogP contribution >= 0.6 is 0 Å². The van der Waals surface area contributed by atoms with Crippen LogP contribution in [-0.2, 0) is 5.60 Å². The maximum absolute atomic E-state index is 13.8. The van der Waals surface area contributed by atoms with Gasteiger partial charge in [-0.15, -0.1) is 0 Å². The normalized spacial score (nSPS) is 17.1. The Hall–Kier alpha value is -1.51. The molecule has 2 unspecified atom stereocenters. The summed E-state index contributed by atoms with van der Waals surface area (Å²) in [6, 6.07) is 4.78. The van der Waals surface area contributed by atoms with Crippen LogP contribution in [0.4, 0.5) is 30.7 Å². The van der Waals surface area contributed by atoms with E-state index in [-0.39, 0.29) is 11.7 Å². The van der Waals surface area contributed by atoms with Crippen LogP contribution < -0.4 is 4.74 Å². The van der Waals surface area contributed by atoms with Crippen LogP contribution in [0.15, 0.2) is 24.3 Å². The summed E-state index contributed by atoms with van der Waals surface area (Å²) in [5.74, 6) is 0.326. The summed E-state index contributed by atoms with van der Waals surface area (Å²) in [6.07, 6.45) is -14.1. The molecule has 0 aliphatic heterocycles. The Morgan fingerprint density at radius 2 is 1.40 bits per heavy atom. The number of halogens is 7. The van der Waals surface area contributed by atoms with Crippen molar-refractivity contribution in [2.45, 2.75) is 63.3 Å². The Kier molecular flexibility index (Phi) is 6.04. The lowest BCUT2D eigenvalue weighted by molar-refractivity contribution is -0.352. The first-order chi connectivity index (χ1) is 11.1. The van der Waals surface area contributed by atoms with Crippen LogP contribution in [0.1, 0.15) is 39.2 Å². The van der Waals surface area contributed by atoms with Crippen LogP contribution in [0.5, 0.6) is 5.75 Å². The zero-order chi connectivity index (χ0) is 19.7. The third-order valence-electron chi connectivity index (χ3n) is 3.87. The van der Waals surface area contributed by atoms with E-state index in [1.165, 1.54) is 12.1 Å². The molecule has 0 aliphatic carbocycles. The van der Waals surface area contributed by atoms with Gasteiger partial charge >= 0.3 is 18.0 Å². The Bertz CT molecular complexity index is 547. The number of hydrogen-bond donors (Lipinski definition) is 1. The molecule has 2 nitrogen and oxygen atoms in total. The molecular weight excluding hydrogens is 357 g/mol. The van der Waals surface area contributed by atoms with Crippen molar-refractivity contribution in [3.63, 3.8) is 0 Å². The molecule has 144 valence electrons. The highest BCUT2D eigenvalue weighted by Gasteiger charge is 2.73. The Balaban J connectivity index is 3.11. The topological polar surface area (TPSA) is 29.5 Å². The largest absolute Gasteiger partial charge is 0.491 e. The van der Waals surface area contributed by atoms with Crippen molar-refractivity contribution in [2.24, 2.45) is 0 Å². The van der Waals surface area contributed by atoms with E-state index in [1.807, 2.05) is 6.92 Å². The van der Waals surface area contributed by atoms with E-state index in [1.54, 1.807) is 6.92 Å². The van der Waals surface area contributed by atoms with Crippen molar-refractivity contribution in [1.29, 1.82) is 0 Å². The monoisotopic (exact) mass is 376 g/mol. The summed E-state index contributed by atoms with van der Waals surface area (Å²) in [7, 11) is 0. The van der Waals surface area contributed by atoms with Gasteiger partial charge in [-0.05, 0) is 38.0 Å². The molecule has 0 aromatic heterocycles. The predicted octanol–water partition coefficient (Wildman–Crippen LogP) is 5.29. The van der Waals surface area contributed by atoms with Crippen LogP contribution in [0.2, 0.25) is 0 Å². The van der Waals surface area contributed by atoms with E-state index in [4.69, 9.17) is 4.74 Å². The van der Waals surface area contributed by atoms with Crippen molar-refractivity contribution in [3.8, 4) is 5.75 Å². The molecule has 1 rings (SSSR count). The summed E-state index contributed by atoms with van der Waals surface area (Å²) in [5, 5.41) is 10.1. The third-order valence-corrected chi connectivity index (χ3v) is 3.87. The minimum absolute atomic E-state index is 0.152. The molecule has 1 aromatic rings. The smallest absolute Gasteiger partial charge is 0.431 e. The van der Waals surface area contributed by atoms with Crippen LogP contribution in [-0.4, -0.2) is 29.2 Å². The Labute approximate surface area is 140 Å². The molecule has 0 heterocycles. The lowest BCUT2D eigenvalue weighted by atomic mass is 9.83. The highest BCUT2D eigenvalue weighted by Crippen LogP contribution is 2.51. The molecule has 0 spiro atoms. The molecule has 0 saturated heterocycles. The highest BCUT2D eigenvalue weighted by atomic mass is 19.4. The van der Waals surface area contributed by atoms with Gasteiger partial charge < -0.3 is 9.84 Å². The summed E-state index contributed by atoms with van der Waals surface area (Å²) >= 11 is 0. The number of rotatable bonds is 6. The lowest BCUT2D eigenvalue weighted by Crippen LogP contribution is -2.56. The fourth-order valence-corrected chi connectivity index (χ4v) is 2.15. The maximum atomic E-state index is 13.8. The first-order valence-corrected chi connectivity index (χ1v) is 7.46. The van der Waals surface area contributed by atoms with Gasteiger partial charge in [0.2, 0.25) is 0 Å². The zero-order valence-corrected chi connectivity index (χ0v) is 13.8. The van der Waals surface area contributed by atoms with Crippen LogP contribution in [0, 0.1) is 0 Å². The van der Waals surface area contributed by atoms with Crippen molar-refractivity contribution < 1.29 is 40.6 Å². The highest BCUT2D eigenvalue weighted by molar-refractivity contribution is 5.31. The molecule has 2 atom stereocenters. The average molecular weight is 376 g/mol. The molecule has 0 fully saturated rings. The van der Waals surface area contributed by atoms with E-state index in [9.17, 15) is 35.8 Å². The second-order valence-corrected chi connectivity index (χ2v) is 6.11. The Morgan fingerprint density at radius 1 is 0.960 bits per heavy atom. The molecule has 1 aromatic carbocycles. The first-order valence-electron chi connectivity index (χ1n) is 7.46. The van der Waals surface area contributed by atoms with Gasteiger partial charge in [0.15, 0.2) is 0 Å². The van der Waals surface area contributed by atoms with Gasteiger partial charge in [0, 0.05) is 6.42 Å². The molecule has 1 N–H and O–H groups in total. The van der Waals surface area contributed by atoms with Gasteiger partial charge in [0.1, 0.15) is 5.75 Å². The van der Waals surface area contributed by atoms with Gasteiger partial charge in [-0.3, -0.25) is 0 Å². The number of ether oxygens (including phenoxy) is 1. The summed E-state index contributed by atoms with van der Waals surface area (Å²) in [6.45, 7) is 4.33. The van der Waals surface area contributed by atoms with Gasteiger partial charge in [-0.2, -0.15) is 26.3 Å². The van der Waals surface area contributed by atoms with E-state index in [0.717, 1.165) is 12.1 Å². The SMILES string of the molecule is CCC(C)Oc1ccc(C(C)(O)CC(F)(C(F)(F)F)C(F)(F)F)cc1. The van der Waals surface area contributed by atoms with Crippen molar-refractivity contribution in [2.75, 3.05) is 0 Å². The minimum Gasteiger partial charge on any atom is -0.491 e. The van der Waals surface area contributed by atoms with E-state index in [2.05, 4.69) is 0 Å².